The van der Waals surface area contributed by atoms with Gasteiger partial charge < -0.3 is 4.74 Å². The van der Waals surface area contributed by atoms with E-state index in [1.165, 1.54) is 12.0 Å². The lowest BCUT2D eigenvalue weighted by Crippen LogP contribution is -2.26. The molecule has 1 aromatic rings. The van der Waals surface area contributed by atoms with Crippen LogP contribution in [0.4, 0.5) is 0 Å². The first kappa shape index (κ1) is 11.2. The van der Waals surface area contributed by atoms with E-state index in [2.05, 4.69) is 13.0 Å². The summed E-state index contributed by atoms with van der Waals surface area (Å²) < 4.78 is 5.30. The first-order valence-electron chi connectivity index (χ1n) is 5.92. The fourth-order valence-corrected chi connectivity index (χ4v) is 2.28. The van der Waals surface area contributed by atoms with E-state index in [1.54, 1.807) is 0 Å². The van der Waals surface area contributed by atoms with Crippen molar-refractivity contribution in [2.45, 2.75) is 45.4 Å². The molecule has 0 radical (unpaired) electrons. The fraction of sp³-hybridized carbons (Fsp3) is 0.500. The first-order valence-corrected chi connectivity index (χ1v) is 5.92. The average molecular weight is 218 g/mol. The van der Waals surface area contributed by atoms with Crippen molar-refractivity contribution in [3.05, 3.63) is 29.3 Å². The molecule has 0 unspecified atom stereocenters. The molecule has 2 heteroatoms. The Bertz CT molecular complexity index is 419. The highest BCUT2D eigenvalue weighted by Crippen LogP contribution is 2.41. The van der Waals surface area contributed by atoms with Gasteiger partial charge in [0.05, 0.1) is 5.41 Å². The van der Waals surface area contributed by atoms with Crippen molar-refractivity contribution in [3.63, 3.8) is 0 Å². The molecule has 16 heavy (non-hydrogen) atoms. The van der Waals surface area contributed by atoms with Gasteiger partial charge in [0, 0.05) is 5.56 Å². The molecule has 1 aromatic carbocycles. The standard InChI is InChI=1S/C14H18O2/c1-4-5-7-10-8-6-9-11-12(10)14(2,3)13(15)16-11/h6,8-9H,4-5,7H2,1-3H3. The molecule has 2 nitrogen and oxygen atoms in total. The second kappa shape index (κ2) is 3.93. The van der Waals surface area contributed by atoms with E-state index in [0.29, 0.717) is 0 Å². The Balaban J connectivity index is 2.44. The molecule has 0 aliphatic carbocycles. The van der Waals surface area contributed by atoms with Gasteiger partial charge in [-0.25, -0.2) is 0 Å². The van der Waals surface area contributed by atoms with Crippen LogP contribution in [0.15, 0.2) is 18.2 Å². The van der Waals surface area contributed by atoms with Gasteiger partial charge in [0.1, 0.15) is 5.75 Å². The van der Waals surface area contributed by atoms with Crippen LogP contribution in [0, 0.1) is 0 Å². The van der Waals surface area contributed by atoms with E-state index < -0.39 is 5.41 Å². The number of benzene rings is 1. The molecule has 0 saturated heterocycles. The van der Waals surface area contributed by atoms with E-state index in [4.69, 9.17) is 4.74 Å². The lowest BCUT2D eigenvalue weighted by atomic mass is 9.82. The maximum absolute atomic E-state index is 11.8. The molecular weight excluding hydrogens is 200 g/mol. The van der Waals surface area contributed by atoms with Crippen LogP contribution in [-0.2, 0) is 16.6 Å². The zero-order chi connectivity index (χ0) is 11.8. The van der Waals surface area contributed by atoms with E-state index in [9.17, 15) is 4.79 Å². The zero-order valence-corrected chi connectivity index (χ0v) is 10.2. The summed E-state index contributed by atoms with van der Waals surface area (Å²) in [5.41, 5.74) is 1.86. The highest BCUT2D eigenvalue weighted by molar-refractivity contribution is 5.90. The number of carbonyl (C=O) groups is 1. The number of ether oxygens (including phenoxy) is 1. The number of fused-ring (bicyclic) bond motifs is 1. The van der Waals surface area contributed by atoms with Crippen LogP contribution in [-0.4, -0.2) is 5.97 Å². The molecule has 0 amide bonds. The van der Waals surface area contributed by atoms with Crippen molar-refractivity contribution in [3.8, 4) is 5.75 Å². The van der Waals surface area contributed by atoms with Crippen molar-refractivity contribution in [2.75, 3.05) is 0 Å². The van der Waals surface area contributed by atoms with Crippen LogP contribution in [0.5, 0.6) is 5.75 Å². The molecule has 0 fully saturated rings. The topological polar surface area (TPSA) is 26.3 Å². The minimum Gasteiger partial charge on any atom is -0.426 e. The maximum Gasteiger partial charge on any atom is 0.321 e. The molecule has 0 aromatic heterocycles. The zero-order valence-electron chi connectivity index (χ0n) is 10.2. The fourth-order valence-electron chi connectivity index (χ4n) is 2.28. The van der Waals surface area contributed by atoms with Gasteiger partial charge in [0.25, 0.3) is 0 Å². The highest BCUT2D eigenvalue weighted by atomic mass is 16.5. The molecule has 0 bridgehead atoms. The van der Waals surface area contributed by atoms with Crippen LogP contribution < -0.4 is 4.74 Å². The minimum absolute atomic E-state index is 0.133. The average Bonchev–Trinajstić information content (AvgIpc) is 2.48. The Labute approximate surface area is 96.6 Å². The molecule has 0 saturated carbocycles. The summed E-state index contributed by atoms with van der Waals surface area (Å²) in [6, 6.07) is 5.97. The third kappa shape index (κ3) is 1.62. The van der Waals surface area contributed by atoms with Crippen molar-refractivity contribution < 1.29 is 9.53 Å². The molecule has 2 rings (SSSR count). The van der Waals surface area contributed by atoms with Crippen LogP contribution >= 0.6 is 0 Å². The summed E-state index contributed by atoms with van der Waals surface area (Å²) >= 11 is 0. The lowest BCUT2D eigenvalue weighted by molar-refractivity contribution is -0.137. The van der Waals surface area contributed by atoms with Crippen molar-refractivity contribution in [1.29, 1.82) is 0 Å². The number of hydrogen-bond acceptors (Lipinski definition) is 2. The van der Waals surface area contributed by atoms with E-state index in [1.807, 2.05) is 26.0 Å². The monoisotopic (exact) mass is 218 g/mol. The molecular formula is C14H18O2. The van der Waals surface area contributed by atoms with Crippen LogP contribution in [0.3, 0.4) is 0 Å². The predicted octanol–water partition coefficient (Wildman–Crippen LogP) is 3.23. The third-order valence-electron chi connectivity index (χ3n) is 3.25. The number of aryl methyl sites for hydroxylation is 1. The van der Waals surface area contributed by atoms with E-state index >= 15 is 0 Å². The number of unbranched alkanes of at least 4 members (excludes halogenated alkanes) is 1. The number of rotatable bonds is 3. The Morgan fingerprint density at radius 3 is 2.75 bits per heavy atom. The number of carbonyl (C=O) groups excluding carboxylic acids is 1. The third-order valence-corrected chi connectivity index (χ3v) is 3.25. The van der Waals surface area contributed by atoms with Crippen LogP contribution in [0.1, 0.15) is 44.7 Å². The second-order valence-electron chi connectivity index (χ2n) is 4.91. The molecule has 0 N–H and O–H groups in total. The van der Waals surface area contributed by atoms with Crippen molar-refractivity contribution in [1.82, 2.24) is 0 Å². The summed E-state index contributed by atoms with van der Waals surface area (Å²) in [5, 5.41) is 0. The summed E-state index contributed by atoms with van der Waals surface area (Å²) in [6.45, 7) is 6.06. The normalized spacial score (nSPS) is 17.1. The Hall–Kier alpha value is -1.31. The van der Waals surface area contributed by atoms with Crippen LogP contribution in [0.25, 0.3) is 0 Å². The largest absolute Gasteiger partial charge is 0.426 e. The number of hydrogen-bond donors (Lipinski definition) is 0. The molecule has 86 valence electrons. The smallest absolute Gasteiger partial charge is 0.321 e. The van der Waals surface area contributed by atoms with Gasteiger partial charge in [-0.05, 0) is 38.3 Å². The molecule has 1 aliphatic rings. The van der Waals surface area contributed by atoms with Gasteiger partial charge in [-0.15, -0.1) is 0 Å². The summed E-state index contributed by atoms with van der Waals surface area (Å²) in [5.74, 6) is 0.620. The van der Waals surface area contributed by atoms with Crippen LogP contribution in [0.2, 0.25) is 0 Å². The Morgan fingerprint density at radius 1 is 1.31 bits per heavy atom. The lowest BCUT2D eigenvalue weighted by Gasteiger charge is -2.16. The number of esters is 1. The van der Waals surface area contributed by atoms with Gasteiger partial charge in [0.2, 0.25) is 0 Å². The van der Waals surface area contributed by atoms with Gasteiger partial charge in [0.15, 0.2) is 0 Å². The molecule has 1 aliphatic heterocycles. The molecule has 0 spiro atoms. The van der Waals surface area contributed by atoms with Gasteiger partial charge in [-0.3, -0.25) is 4.79 Å². The van der Waals surface area contributed by atoms with Crippen molar-refractivity contribution in [2.24, 2.45) is 0 Å². The quantitative estimate of drug-likeness (QED) is 0.575. The van der Waals surface area contributed by atoms with Gasteiger partial charge in [-0.2, -0.15) is 0 Å². The second-order valence-corrected chi connectivity index (χ2v) is 4.91. The first-order chi connectivity index (χ1) is 7.57. The molecule has 1 heterocycles. The highest BCUT2D eigenvalue weighted by Gasteiger charge is 2.42. The summed E-state index contributed by atoms with van der Waals surface area (Å²) in [4.78, 5) is 11.8. The Morgan fingerprint density at radius 2 is 2.06 bits per heavy atom. The predicted molar refractivity (Wildman–Crippen MR) is 63.7 cm³/mol. The minimum atomic E-state index is -0.486. The molecule has 0 atom stereocenters. The van der Waals surface area contributed by atoms with E-state index in [0.717, 1.165) is 24.2 Å². The summed E-state index contributed by atoms with van der Waals surface area (Å²) in [7, 11) is 0. The van der Waals surface area contributed by atoms with E-state index in [-0.39, 0.29) is 5.97 Å². The maximum atomic E-state index is 11.8. The van der Waals surface area contributed by atoms with Gasteiger partial charge in [-0.1, -0.05) is 25.5 Å². The van der Waals surface area contributed by atoms with Gasteiger partial charge >= 0.3 is 5.97 Å². The van der Waals surface area contributed by atoms with Crippen molar-refractivity contribution >= 4 is 5.97 Å². The SMILES string of the molecule is CCCCc1cccc2c1C(C)(C)C(=O)O2. The Kier molecular flexibility index (Phi) is 2.75. The summed E-state index contributed by atoms with van der Waals surface area (Å²) in [6.07, 6.45) is 3.35.